The molecule has 0 atom stereocenters. The molecular formula is C46H26N4OS2. The maximum Gasteiger partial charge on any atom is 0.164 e. The first-order chi connectivity index (χ1) is 26.2. The predicted molar refractivity (Wildman–Crippen MR) is 220 cm³/mol. The lowest BCUT2D eigenvalue weighted by molar-refractivity contribution is 0.670. The van der Waals surface area contributed by atoms with E-state index >= 15 is 0 Å². The standard InChI is InChI=1S/C46H26N4OS2/c1-2-10-28(11-3-1)43-48-44(30-24-25-33-32-12-4-6-18-38(32)52-40(33)26-30)50-45(49-43)35-15-9-17-37-41(35)34-14-8-13-31(42(34)51-37)27-20-22-29(23-21-27)46-47-36-16-5-7-19-39(36)53-46/h1-26H. The summed E-state index contributed by atoms with van der Waals surface area (Å²) in [5.41, 5.74) is 8.62. The Morgan fingerprint density at radius 1 is 0.396 bits per heavy atom. The monoisotopic (exact) mass is 714 g/mol. The second-order valence-corrected chi connectivity index (χ2v) is 15.1. The second kappa shape index (κ2) is 12.0. The van der Waals surface area contributed by atoms with E-state index in [9.17, 15) is 0 Å². The van der Waals surface area contributed by atoms with Gasteiger partial charge in [0.2, 0.25) is 0 Å². The third kappa shape index (κ3) is 5.04. The fourth-order valence-electron chi connectivity index (χ4n) is 7.26. The van der Waals surface area contributed by atoms with Gasteiger partial charge in [0.25, 0.3) is 0 Å². The SMILES string of the molecule is c1ccc(-c2nc(-c3ccc4c(c3)sc3ccccc34)nc(-c3cccc4oc5c(-c6ccc(-c7nc8ccccc8s7)cc6)cccc5c34)n2)cc1. The Morgan fingerprint density at radius 2 is 1.06 bits per heavy atom. The van der Waals surface area contributed by atoms with E-state index in [2.05, 4.69) is 109 Å². The summed E-state index contributed by atoms with van der Waals surface area (Å²) in [6.07, 6.45) is 0. The smallest absolute Gasteiger partial charge is 0.164 e. The molecule has 0 saturated heterocycles. The van der Waals surface area contributed by atoms with Crippen molar-refractivity contribution in [3.05, 3.63) is 158 Å². The maximum absolute atomic E-state index is 6.68. The van der Waals surface area contributed by atoms with Crippen LogP contribution < -0.4 is 0 Å². The number of aromatic nitrogens is 4. The number of fused-ring (bicyclic) bond motifs is 7. The number of hydrogen-bond donors (Lipinski definition) is 0. The molecule has 0 unspecified atom stereocenters. The summed E-state index contributed by atoms with van der Waals surface area (Å²) in [5, 5.41) is 5.51. The van der Waals surface area contributed by atoms with Crippen LogP contribution in [0.2, 0.25) is 0 Å². The van der Waals surface area contributed by atoms with Crippen LogP contribution >= 0.6 is 22.7 Å². The molecule has 11 aromatic rings. The van der Waals surface area contributed by atoms with Crippen LogP contribution in [0.25, 0.3) is 108 Å². The molecule has 0 radical (unpaired) electrons. The van der Waals surface area contributed by atoms with E-state index < -0.39 is 0 Å². The van der Waals surface area contributed by atoms with Gasteiger partial charge in [-0.05, 0) is 35.9 Å². The Kier molecular flexibility index (Phi) is 6.83. The molecule has 7 heteroatoms. The number of nitrogens with zero attached hydrogens (tertiary/aromatic N) is 4. The van der Waals surface area contributed by atoms with Gasteiger partial charge in [-0.3, -0.25) is 0 Å². The number of thiazole rings is 1. The zero-order valence-electron chi connectivity index (χ0n) is 28.0. The fourth-order valence-corrected chi connectivity index (χ4v) is 9.37. The van der Waals surface area contributed by atoms with Gasteiger partial charge in [-0.1, -0.05) is 127 Å². The molecule has 4 heterocycles. The van der Waals surface area contributed by atoms with E-state index in [1.807, 2.05) is 48.5 Å². The fraction of sp³-hybridized carbons (Fsp3) is 0. The molecule has 248 valence electrons. The topological polar surface area (TPSA) is 64.7 Å². The number of furan rings is 1. The summed E-state index contributed by atoms with van der Waals surface area (Å²) < 4.78 is 10.3. The average Bonchev–Trinajstić information content (AvgIpc) is 3.94. The van der Waals surface area contributed by atoms with Gasteiger partial charge in [-0.25, -0.2) is 19.9 Å². The summed E-state index contributed by atoms with van der Waals surface area (Å²) in [7, 11) is 0. The lowest BCUT2D eigenvalue weighted by atomic mass is 9.99. The minimum Gasteiger partial charge on any atom is -0.455 e. The molecule has 0 aliphatic heterocycles. The number of hydrogen-bond acceptors (Lipinski definition) is 7. The van der Waals surface area contributed by atoms with Crippen molar-refractivity contribution in [2.24, 2.45) is 0 Å². The van der Waals surface area contributed by atoms with Crippen LogP contribution in [0.3, 0.4) is 0 Å². The van der Waals surface area contributed by atoms with Gasteiger partial charge < -0.3 is 4.42 Å². The molecule has 0 spiro atoms. The average molecular weight is 715 g/mol. The van der Waals surface area contributed by atoms with Crippen LogP contribution in [-0.4, -0.2) is 19.9 Å². The van der Waals surface area contributed by atoms with Gasteiger partial charge in [0, 0.05) is 58.8 Å². The first-order valence-electron chi connectivity index (χ1n) is 17.4. The van der Waals surface area contributed by atoms with Crippen LogP contribution in [-0.2, 0) is 0 Å². The van der Waals surface area contributed by atoms with Gasteiger partial charge in [-0.2, -0.15) is 0 Å². The van der Waals surface area contributed by atoms with Crippen molar-refractivity contribution in [3.63, 3.8) is 0 Å². The zero-order valence-corrected chi connectivity index (χ0v) is 29.7. The van der Waals surface area contributed by atoms with Crippen LogP contribution in [0.5, 0.6) is 0 Å². The highest BCUT2D eigenvalue weighted by molar-refractivity contribution is 7.25. The molecule has 0 saturated carbocycles. The quantitative estimate of drug-likeness (QED) is 0.178. The molecule has 0 N–H and O–H groups in total. The predicted octanol–water partition coefficient (Wildman–Crippen LogP) is 13.1. The van der Waals surface area contributed by atoms with Crippen molar-refractivity contribution in [2.75, 3.05) is 0 Å². The molecule has 0 aliphatic rings. The normalized spacial score (nSPS) is 11.8. The molecule has 4 aromatic heterocycles. The van der Waals surface area contributed by atoms with E-state index in [-0.39, 0.29) is 0 Å². The van der Waals surface area contributed by atoms with Crippen molar-refractivity contribution in [2.45, 2.75) is 0 Å². The minimum absolute atomic E-state index is 0.601. The number of benzene rings is 7. The minimum atomic E-state index is 0.601. The molecule has 0 amide bonds. The molecule has 0 aliphatic carbocycles. The molecular weight excluding hydrogens is 689 g/mol. The lowest BCUT2D eigenvalue weighted by Crippen LogP contribution is -2.00. The Bertz CT molecular complexity index is 3150. The summed E-state index contributed by atoms with van der Waals surface area (Å²) in [6, 6.07) is 54.5. The number of thiophene rings is 1. The van der Waals surface area contributed by atoms with Crippen LogP contribution in [0, 0.1) is 0 Å². The lowest BCUT2D eigenvalue weighted by Gasteiger charge is -2.09. The van der Waals surface area contributed by atoms with Crippen LogP contribution in [0.1, 0.15) is 0 Å². The zero-order chi connectivity index (χ0) is 34.9. The number of rotatable bonds is 5. The van der Waals surface area contributed by atoms with Gasteiger partial charge in [0.05, 0.1) is 10.2 Å². The van der Waals surface area contributed by atoms with E-state index in [4.69, 9.17) is 24.4 Å². The van der Waals surface area contributed by atoms with E-state index in [0.717, 1.165) is 65.8 Å². The summed E-state index contributed by atoms with van der Waals surface area (Å²) >= 11 is 3.50. The van der Waals surface area contributed by atoms with Gasteiger partial charge in [0.15, 0.2) is 17.5 Å². The highest BCUT2D eigenvalue weighted by Gasteiger charge is 2.20. The summed E-state index contributed by atoms with van der Waals surface area (Å²) in [6.45, 7) is 0. The molecule has 0 bridgehead atoms. The third-order valence-electron chi connectivity index (χ3n) is 9.80. The van der Waals surface area contributed by atoms with Crippen molar-refractivity contribution >= 4 is 75.0 Å². The van der Waals surface area contributed by atoms with Crippen LogP contribution in [0.4, 0.5) is 0 Å². The third-order valence-corrected chi connectivity index (χ3v) is 12.0. The molecule has 5 nitrogen and oxygen atoms in total. The first-order valence-corrected chi connectivity index (χ1v) is 19.0. The molecule has 53 heavy (non-hydrogen) atoms. The molecule has 7 aromatic carbocycles. The Morgan fingerprint density at radius 3 is 1.92 bits per heavy atom. The van der Waals surface area contributed by atoms with Crippen molar-refractivity contribution in [1.29, 1.82) is 0 Å². The number of para-hydroxylation sites is 2. The largest absolute Gasteiger partial charge is 0.455 e. The summed E-state index contributed by atoms with van der Waals surface area (Å²) in [4.78, 5) is 20.2. The van der Waals surface area contributed by atoms with Crippen molar-refractivity contribution in [1.82, 2.24) is 19.9 Å². The van der Waals surface area contributed by atoms with E-state index in [1.165, 1.54) is 24.9 Å². The van der Waals surface area contributed by atoms with E-state index in [0.29, 0.717) is 17.5 Å². The van der Waals surface area contributed by atoms with Gasteiger partial charge in [0.1, 0.15) is 16.2 Å². The Labute approximate surface area is 311 Å². The first kappa shape index (κ1) is 30.1. The van der Waals surface area contributed by atoms with Gasteiger partial charge in [-0.15, -0.1) is 22.7 Å². The Hall–Kier alpha value is -6.54. The maximum atomic E-state index is 6.68. The summed E-state index contributed by atoms with van der Waals surface area (Å²) in [5.74, 6) is 1.86. The van der Waals surface area contributed by atoms with Crippen molar-refractivity contribution in [3.8, 4) is 55.9 Å². The van der Waals surface area contributed by atoms with Crippen molar-refractivity contribution < 1.29 is 4.42 Å². The second-order valence-electron chi connectivity index (χ2n) is 13.0. The van der Waals surface area contributed by atoms with Crippen LogP contribution in [0.15, 0.2) is 162 Å². The highest BCUT2D eigenvalue weighted by Crippen LogP contribution is 2.42. The van der Waals surface area contributed by atoms with Gasteiger partial charge >= 0.3 is 0 Å². The molecule has 0 fully saturated rings. The van der Waals surface area contributed by atoms with E-state index in [1.54, 1.807) is 22.7 Å². The highest BCUT2D eigenvalue weighted by atomic mass is 32.1. The molecule has 11 rings (SSSR count). The Balaban J connectivity index is 1.05.